The first kappa shape index (κ1) is 16.5. The molecule has 22 heavy (non-hydrogen) atoms. The lowest BCUT2D eigenvalue weighted by Crippen LogP contribution is -1.94. The number of hydrogen-bond donors (Lipinski definition) is 1. The van der Waals surface area contributed by atoms with Crippen LogP contribution in [0.25, 0.3) is 10.6 Å². The van der Waals surface area contributed by atoms with Gasteiger partial charge in [-0.15, -0.1) is 11.3 Å². The summed E-state index contributed by atoms with van der Waals surface area (Å²) in [6, 6.07) is 7.85. The van der Waals surface area contributed by atoms with E-state index in [1.54, 1.807) is 24.8 Å². The molecule has 0 bridgehead atoms. The van der Waals surface area contributed by atoms with Gasteiger partial charge in [0.1, 0.15) is 9.88 Å². The Labute approximate surface area is 137 Å². The molecule has 1 heterocycles. The number of rotatable bonds is 5. The Morgan fingerprint density at radius 3 is 2.77 bits per heavy atom. The number of aromatic carboxylic acids is 1. The van der Waals surface area contributed by atoms with Crippen molar-refractivity contribution in [3.05, 3.63) is 39.9 Å². The molecular formula is C16H16N2O2S2. The maximum absolute atomic E-state index is 11.1. The van der Waals surface area contributed by atoms with Crippen LogP contribution in [0.15, 0.2) is 18.2 Å². The highest BCUT2D eigenvalue weighted by Gasteiger charge is 2.16. The number of nitriles is 1. The van der Waals surface area contributed by atoms with E-state index in [1.807, 2.05) is 12.1 Å². The normalized spacial score (nSPS) is 10.7. The van der Waals surface area contributed by atoms with Crippen molar-refractivity contribution in [2.24, 2.45) is 0 Å². The third kappa shape index (κ3) is 3.67. The average Bonchev–Trinajstić information content (AvgIpc) is 2.87. The van der Waals surface area contributed by atoms with E-state index in [-0.39, 0.29) is 4.88 Å². The molecule has 1 N–H and O–H groups in total. The molecule has 0 atom stereocenters. The minimum absolute atomic E-state index is 0.243. The van der Waals surface area contributed by atoms with Gasteiger partial charge >= 0.3 is 5.97 Å². The van der Waals surface area contributed by atoms with Crippen LogP contribution in [0.1, 0.15) is 40.3 Å². The summed E-state index contributed by atoms with van der Waals surface area (Å²) in [5.74, 6) is -0.176. The van der Waals surface area contributed by atoms with Crippen LogP contribution in [0.4, 0.5) is 0 Å². The van der Waals surface area contributed by atoms with Gasteiger partial charge in [0.05, 0.1) is 17.3 Å². The van der Waals surface area contributed by atoms with Crippen LogP contribution >= 0.6 is 23.1 Å². The van der Waals surface area contributed by atoms with Gasteiger partial charge in [0.15, 0.2) is 0 Å². The second kappa shape index (κ2) is 6.95. The molecule has 2 aromatic rings. The summed E-state index contributed by atoms with van der Waals surface area (Å²) in [6.45, 7) is 5.93. The number of benzene rings is 1. The highest BCUT2D eigenvalue weighted by molar-refractivity contribution is 7.99. The molecule has 0 unspecified atom stereocenters. The Balaban J connectivity index is 2.35. The molecule has 114 valence electrons. The van der Waals surface area contributed by atoms with Crippen molar-refractivity contribution in [3.8, 4) is 16.6 Å². The maximum Gasteiger partial charge on any atom is 0.347 e. The van der Waals surface area contributed by atoms with E-state index in [4.69, 9.17) is 5.11 Å². The largest absolute Gasteiger partial charge is 0.477 e. The smallest absolute Gasteiger partial charge is 0.347 e. The highest BCUT2D eigenvalue weighted by Crippen LogP contribution is 2.30. The minimum Gasteiger partial charge on any atom is -0.477 e. The number of aromatic nitrogens is 1. The number of carboxylic acid groups (broad SMARTS) is 1. The molecule has 0 aliphatic rings. The van der Waals surface area contributed by atoms with Crippen LogP contribution in [0.5, 0.6) is 0 Å². The van der Waals surface area contributed by atoms with Crippen LogP contribution in [0.3, 0.4) is 0 Å². The molecule has 0 fully saturated rings. The molecule has 2 rings (SSSR count). The monoisotopic (exact) mass is 332 g/mol. The predicted molar refractivity (Wildman–Crippen MR) is 90.4 cm³/mol. The number of thioether (sulfide) groups is 1. The van der Waals surface area contributed by atoms with E-state index in [0.29, 0.717) is 21.5 Å². The van der Waals surface area contributed by atoms with Crippen LogP contribution in [-0.2, 0) is 5.75 Å². The number of nitrogens with zero attached hydrogens (tertiary/aromatic N) is 2. The van der Waals surface area contributed by atoms with Gasteiger partial charge in [-0.25, -0.2) is 9.78 Å². The second-order valence-electron chi connectivity index (χ2n) is 5.08. The van der Waals surface area contributed by atoms with Gasteiger partial charge in [-0.2, -0.15) is 17.0 Å². The Morgan fingerprint density at radius 1 is 1.50 bits per heavy atom. The molecule has 0 aliphatic carbocycles. The Bertz CT molecular complexity index is 745. The SMILES string of the molecule is Cc1nc(-c2ccc(CSC(C)C)c(C#N)c2)sc1C(=O)O. The Kier molecular flexibility index (Phi) is 5.22. The van der Waals surface area contributed by atoms with Crippen molar-refractivity contribution < 1.29 is 9.90 Å². The summed E-state index contributed by atoms with van der Waals surface area (Å²) >= 11 is 2.92. The summed E-state index contributed by atoms with van der Waals surface area (Å²) in [4.78, 5) is 15.7. The lowest BCUT2D eigenvalue weighted by molar-refractivity contribution is 0.0701. The Hall–Kier alpha value is -1.84. The molecule has 0 aliphatic heterocycles. The number of thiazole rings is 1. The fourth-order valence-electron chi connectivity index (χ4n) is 1.91. The lowest BCUT2D eigenvalue weighted by Gasteiger charge is -2.07. The van der Waals surface area contributed by atoms with E-state index in [1.165, 1.54) is 0 Å². The zero-order valence-electron chi connectivity index (χ0n) is 12.6. The standard InChI is InChI=1S/C16H16N2O2S2/c1-9(2)21-8-12-5-4-11(6-13(12)7-17)15-18-10(3)14(22-15)16(19)20/h4-6,9H,8H2,1-3H3,(H,19,20). The van der Waals surface area contributed by atoms with Gasteiger partial charge in [-0.05, 0) is 23.8 Å². The van der Waals surface area contributed by atoms with Gasteiger partial charge in [-0.3, -0.25) is 0 Å². The molecule has 0 radical (unpaired) electrons. The van der Waals surface area contributed by atoms with Gasteiger partial charge < -0.3 is 5.11 Å². The predicted octanol–water partition coefficient (Wildman–Crippen LogP) is 4.33. The van der Waals surface area contributed by atoms with Crippen LogP contribution < -0.4 is 0 Å². The molecule has 1 aromatic carbocycles. The first-order valence-corrected chi connectivity index (χ1v) is 8.64. The fourth-order valence-corrected chi connectivity index (χ4v) is 3.58. The van der Waals surface area contributed by atoms with Crippen LogP contribution in [-0.4, -0.2) is 21.3 Å². The first-order chi connectivity index (χ1) is 10.4. The van der Waals surface area contributed by atoms with Crippen molar-refractivity contribution >= 4 is 29.1 Å². The van der Waals surface area contributed by atoms with Gasteiger partial charge in [0.25, 0.3) is 0 Å². The van der Waals surface area contributed by atoms with Crippen LogP contribution in [0.2, 0.25) is 0 Å². The zero-order valence-corrected chi connectivity index (χ0v) is 14.2. The maximum atomic E-state index is 11.1. The summed E-state index contributed by atoms with van der Waals surface area (Å²) in [7, 11) is 0. The molecule has 0 saturated carbocycles. The van der Waals surface area contributed by atoms with E-state index in [0.717, 1.165) is 28.2 Å². The fraction of sp³-hybridized carbons (Fsp3) is 0.312. The number of aryl methyl sites for hydroxylation is 1. The van der Waals surface area contributed by atoms with E-state index in [9.17, 15) is 10.1 Å². The van der Waals surface area contributed by atoms with Crippen molar-refractivity contribution in [1.82, 2.24) is 4.98 Å². The van der Waals surface area contributed by atoms with Gasteiger partial charge in [-0.1, -0.05) is 26.0 Å². The lowest BCUT2D eigenvalue weighted by atomic mass is 10.1. The van der Waals surface area contributed by atoms with Gasteiger partial charge in [0.2, 0.25) is 0 Å². The third-order valence-electron chi connectivity index (χ3n) is 3.04. The summed E-state index contributed by atoms with van der Waals surface area (Å²) in [5, 5.41) is 19.6. The van der Waals surface area contributed by atoms with E-state index < -0.39 is 5.97 Å². The summed E-state index contributed by atoms with van der Waals surface area (Å²) < 4.78 is 0. The highest BCUT2D eigenvalue weighted by atomic mass is 32.2. The molecule has 6 heteroatoms. The van der Waals surface area contributed by atoms with Crippen molar-refractivity contribution in [2.75, 3.05) is 0 Å². The number of carbonyl (C=O) groups is 1. The number of hydrogen-bond acceptors (Lipinski definition) is 5. The Morgan fingerprint density at radius 2 is 2.23 bits per heavy atom. The van der Waals surface area contributed by atoms with Gasteiger partial charge in [0, 0.05) is 11.3 Å². The minimum atomic E-state index is -0.966. The van der Waals surface area contributed by atoms with Crippen molar-refractivity contribution in [3.63, 3.8) is 0 Å². The second-order valence-corrected chi connectivity index (χ2v) is 7.65. The summed E-state index contributed by atoms with van der Waals surface area (Å²) in [5.41, 5.74) is 2.91. The molecular weight excluding hydrogens is 316 g/mol. The molecule has 4 nitrogen and oxygen atoms in total. The first-order valence-electron chi connectivity index (χ1n) is 6.78. The average molecular weight is 332 g/mol. The molecule has 1 aromatic heterocycles. The molecule has 0 saturated heterocycles. The topological polar surface area (TPSA) is 74.0 Å². The summed E-state index contributed by atoms with van der Waals surface area (Å²) in [6.07, 6.45) is 0. The quantitative estimate of drug-likeness (QED) is 0.882. The van der Waals surface area contributed by atoms with Crippen molar-refractivity contribution in [1.29, 1.82) is 5.26 Å². The van der Waals surface area contributed by atoms with Crippen molar-refractivity contribution in [2.45, 2.75) is 31.8 Å². The molecule has 0 amide bonds. The zero-order chi connectivity index (χ0) is 16.3. The third-order valence-corrected chi connectivity index (χ3v) is 5.38. The number of carboxylic acids is 1. The van der Waals surface area contributed by atoms with Crippen LogP contribution in [0, 0.1) is 18.3 Å². The molecule has 0 spiro atoms. The van der Waals surface area contributed by atoms with E-state index >= 15 is 0 Å². The van der Waals surface area contributed by atoms with E-state index in [2.05, 4.69) is 24.9 Å².